The Morgan fingerprint density at radius 3 is 2.56 bits per heavy atom. The number of hydrogen-bond donors (Lipinski definition) is 2. The van der Waals surface area contributed by atoms with Gasteiger partial charge in [-0.15, -0.1) is 0 Å². The van der Waals surface area contributed by atoms with E-state index in [0.29, 0.717) is 12.1 Å². The molecule has 5 nitrogen and oxygen atoms in total. The summed E-state index contributed by atoms with van der Waals surface area (Å²) in [5.41, 5.74) is 4.55. The molecule has 2 aromatic carbocycles. The van der Waals surface area contributed by atoms with Gasteiger partial charge in [0.25, 0.3) is 5.91 Å². The number of rotatable bonds is 5. The van der Waals surface area contributed by atoms with Crippen LogP contribution in [-0.4, -0.2) is 23.3 Å². The number of carbonyl (C=O) groups excluding carboxylic acids is 2. The van der Waals surface area contributed by atoms with Gasteiger partial charge in [0.2, 0.25) is 5.91 Å². The number of nitrogens with one attached hydrogen (secondary N) is 2. The van der Waals surface area contributed by atoms with Gasteiger partial charge in [-0.3, -0.25) is 14.6 Å². The second-order valence-electron chi connectivity index (χ2n) is 6.73. The van der Waals surface area contributed by atoms with E-state index >= 15 is 0 Å². The summed E-state index contributed by atoms with van der Waals surface area (Å²) in [6.45, 7) is 0.403. The van der Waals surface area contributed by atoms with Crippen LogP contribution in [0.15, 0.2) is 54.6 Å². The molecule has 0 atom stereocenters. The van der Waals surface area contributed by atoms with Crippen molar-refractivity contribution in [3.8, 4) is 0 Å². The predicted molar refractivity (Wildman–Crippen MR) is 104 cm³/mol. The summed E-state index contributed by atoms with van der Waals surface area (Å²) in [7, 11) is 0. The molecule has 4 rings (SSSR count). The van der Waals surface area contributed by atoms with E-state index in [1.54, 1.807) is 0 Å². The van der Waals surface area contributed by atoms with Gasteiger partial charge >= 0.3 is 0 Å². The van der Waals surface area contributed by atoms with Gasteiger partial charge in [-0.25, -0.2) is 0 Å². The first kappa shape index (κ1) is 17.2. The first-order chi connectivity index (χ1) is 13.2. The zero-order chi connectivity index (χ0) is 18.6. The fourth-order valence-electron chi connectivity index (χ4n) is 3.58. The molecule has 0 unspecified atom stereocenters. The molecule has 0 saturated carbocycles. The summed E-state index contributed by atoms with van der Waals surface area (Å²) in [5.74, 6) is -0.413. The number of fused-ring (bicyclic) bond motifs is 2. The van der Waals surface area contributed by atoms with Crippen LogP contribution >= 0.6 is 0 Å². The van der Waals surface area contributed by atoms with Crippen molar-refractivity contribution in [2.75, 3.05) is 6.54 Å². The first-order valence-electron chi connectivity index (χ1n) is 9.21. The van der Waals surface area contributed by atoms with Crippen molar-refractivity contribution in [2.24, 2.45) is 0 Å². The largest absolute Gasteiger partial charge is 0.350 e. The molecule has 0 fully saturated rings. The molecule has 0 aliphatic heterocycles. The maximum atomic E-state index is 12.9. The Hall–Kier alpha value is -3.21. The number of nitrogens with zero attached hydrogens (tertiary/aromatic N) is 1. The Morgan fingerprint density at radius 1 is 0.926 bits per heavy atom. The first-order valence-corrected chi connectivity index (χ1v) is 9.21. The molecule has 27 heavy (non-hydrogen) atoms. The lowest BCUT2D eigenvalue weighted by atomic mass is 10.0. The third-order valence-electron chi connectivity index (χ3n) is 4.89. The second-order valence-corrected chi connectivity index (χ2v) is 6.73. The van der Waals surface area contributed by atoms with Gasteiger partial charge in [-0.1, -0.05) is 48.5 Å². The molecule has 5 heteroatoms. The third kappa shape index (κ3) is 3.67. The van der Waals surface area contributed by atoms with Crippen LogP contribution in [-0.2, 0) is 24.2 Å². The highest BCUT2D eigenvalue weighted by atomic mass is 16.2. The summed E-state index contributed by atoms with van der Waals surface area (Å²) in [6.07, 6.45) is 2.77. The van der Waals surface area contributed by atoms with Crippen LogP contribution < -0.4 is 10.6 Å². The summed E-state index contributed by atoms with van der Waals surface area (Å²) in [5, 5.41) is 6.45. The van der Waals surface area contributed by atoms with E-state index in [-0.39, 0.29) is 18.4 Å². The Bertz CT molecular complexity index is 999. The normalized spacial score (nSPS) is 12.6. The lowest BCUT2D eigenvalue weighted by molar-refractivity contribution is -0.120. The van der Waals surface area contributed by atoms with Crippen molar-refractivity contribution < 1.29 is 9.59 Å². The molecule has 0 spiro atoms. The molecule has 136 valence electrons. The second kappa shape index (κ2) is 7.58. The molecular formula is C22H21N3O2. The minimum atomic E-state index is -0.207. The van der Waals surface area contributed by atoms with Crippen LogP contribution in [0.4, 0.5) is 0 Å². The van der Waals surface area contributed by atoms with E-state index in [9.17, 15) is 9.59 Å². The summed E-state index contributed by atoms with van der Waals surface area (Å²) >= 11 is 0. The average Bonchev–Trinajstić information content (AvgIpc) is 3.17. The molecule has 1 aliphatic rings. The molecule has 0 radical (unpaired) electrons. The van der Waals surface area contributed by atoms with E-state index in [1.807, 2.05) is 54.6 Å². The van der Waals surface area contributed by atoms with Crippen molar-refractivity contribution in [1.82, 2.24) is 15.6 Å². The number of hydrogen-bond acceptors (Lipinski definition) is 3. The van der Waals surface area contributed by atoms with Crippen LogP contribution in [0.2, 0.25) is 0 Å². The molecule has 3 aromatic rings. The highest BCUT2D eigenvalue weighted by Gasteiger charge is 2.23. The number of pyridine rings is 1. The molecule has 1 aromatic heterocycles. The molecule has 1 aliphatic carbocycles. The highest BCUT2D eigenvalue weighted by Crippen LogP contribution is 2.29. The van der Waals surface area contributed by atoms with E-state index < -0.39 is 0 Å². The maximum Gasteiger partial charge on any atom is 0.252 e. The van der Waals surface area contributed by atoms with Crippen molar-refractivity contribution in [3.05, 3.63) is 77.0 Å². The van der Waals surface area contributed by atoms with Crippen molar-refractivity contribution in [1.29, 1.82) is 0 Å². The standard InChI is InChI=1S/C22H21N3O2/c26-20(23-13-15-7-2-1-3-8-15)14-24-22(27)21-16-9-4-5-11-18(16)25-19-12-6-10-17(19)21/h1-5,7-9,11H,6,10,12-14H2,(H,23,26)(H,24,27). The molecular weight excluding hydrogens is 338 g/mol. The van der Waals surface area contributed by atoms with Crippen molar-refractivity contribution in [3.63, 3.8) is 0 Å². The molecule has 0 bridgehead atoms. The van der Waals surface area contributed by atoms with Crippen molar-refractivity contribution >= 4 is 22.7 Å². The third-order valence-corrected chi connectivity index (χ3v) is 4.89. The monoisotopic (exact) mass is 359 g/mol. The topological polar surface area (TPSA) is 71.1 Å². The van der Waals surface area contributed by atoms with Crippen LogP contribution in [0.5, 0.6) is 0 Å². The zero-order valence-corrected chi connectivity index (χ0v) is 15.0. The Morgan fingerprint density at radius 2 is 1.70 bits per heavy atom. The van der Waals surface area contributed by atoms with Gasteiger partial charge in [0.05, 0.1) is 17.6 Å². The maximum absolute atomic E-state index is 12.9. The van der Waals surface area contributed by atoms with Crippen LogP contribution in [0, 0.1) is 0 Å². The fourth-order valence-corrected chi connectivity index (χ4v) is 3.58. The van der Waals surface area contributed by atoms with Gasteiger partial charge in [0.15, 0.2) is 0 Å². The molecule has 1 heterocycles. The number of para-hydroxylation sites is 1. The number of benzene rings is 2. The van der Waals surface area contributed by atoms with E-state index in [4.69, 9.17) is 4.98 Å². The minimum Gasteiger partial charge on any atom is -0.350 e. The highest BCUT2D eigenvalue weighted by molar-refractivity contribution is 6.08. The van der Waals surface area contributed by atoms with Gasteiger partial charge in [0.1, 0.15) is 0 Å². The van der Waals surface area contributed by atoms with Crippen LogP contribution in [0.25, 0.3) is 10.9 Å². The van der Waals surface area contributed by atoms with Gasteiger partial charge in [0, 0.05) is 17.6 Å². The molecule has 2 N–H and O–H groups in total. The van der Waals surface area contributed by atoms with Gasteiger partial charge in [-0.05, 0) is 36.5 Å². The van der Waals surface area contributed by atoms with E-state index in [1.165, 1.54) is 0 Å². The fraction of sp³-hybridized carbons (Fsp3) is 0.227. The Labute approximate surface area is 157 Å². The smallest absolute Gasteiger partial charge is 0.252 e. The Kier molecular flexibility index (Phi) is 4.83. The van der Waals surface area contributed by atoms with Crippen LogP contribution in [0.3, 0.4) is 0 Å². The lowest BCUT2D eigenvalue weighted by Crippen LogP contribution is -2.37. The van der Waals surface area contributed by atoms with Gasteiger partial charge in [-0.2, -0.15) is 0 Å². The summed E-state index contributed by atoms with van der Waals surface area (Å²) < 4.78 is 0. The molecule has 2 amide bonds. The van der Waals surface area contributed by atoms with E-state index in [2.05, 4.69) is 10.6 Å². The summed E-state index contributed by atoms with van der Waals surface area (Å²) in [4.78, 5) is 29.7. The molecule has 0 saturated heterocycles. The van der Waals surface area contributed by atoms with Crippen molar-refractivity contribution in [2.45, 2.75) is 25.8 Å². The number of aromatic nitrogens is 1. The minimum absolute atomic E-state index is 0.0446. The average molecular weight is 359 g/mol. The number of aryl methyl sites for hydroxylation is 1. The SMILES string of the molecule is O=C(CNC(=O)c1c2c(nc3ccccc13)CCC2)NCc1ccccc1. The van der Waals surface area contributed by atoms with E-state index in [0.717, 1.165) is 47.0 Å². The summed E-state index contributed by atoms with van der Waals surface area (Å²) in [6, 6.07) is 17.4. The number of amides is 2. The zero-order valence-electron chi connectivity index (χ0n) is 15.0. The van der Waals surface area contributed by atoms with Gasteiger partial charge < -0.3 is 10.6 Å². The quantitative estimate of drug-likeness (QED) is 0.736. The Balaban J connectivity index is 1.46. The lowest BCUT2D eigenvalue weighted by Gasteiger charge is -2.13. The number of carbonyl (C=O) groups is 2. The van der Waals surface area contributed by atoms with Crippen LogP contribution in [0.1, 0.15) is 33.6 Å². The predicted octanol–water partition coefficient (Wildman–Crippen LogP) is 2.77.